The van der Waals surface area contributed by atoms with Crippen molar-refractivity contribution in [3.05, 3.63) is 65.5 Å². The van der Waals surface area contributed by atoms with E-state index in [1.807, 2.05) is 55.5 Å². The Labute approximate surface area is 198 Å². The van der Waals surface area contributed by atoms with Crippen molar-refractivity contribution in [2.75, 3.05) is 20.2 Å². The molecule has 1 aromatic carbocycles. The molecular weight excluding hydrogens is 434 g/mol. The monoisotopic (exact) mass is 463 g/mol. The summed E-state index contributed by atoms with van der Waals surface area (Å²) < 4.78 is 12.0. The zero-order valence-corrected chi connectivity index (χ0v) is 19.9. The lowest BCUT2D eigenvalue weighted by molar-refractivity contribution is 0.0524. The first-order chi connectivity index (χ1) is 16.2. The Morgan fingerprint density at radius 1 is 1.12 bits per heavy atom. The second-order valence-electron chi connectivity index (χ2n) is 9.24. The molecule has 0 saturated heterocycles. The highest BCUT2D eigenvalue weighted by molar-refractivity contribution is 6.04. The molecule has 1 aliphatic heterocycles. The highest BCUT2D eigenvalue weighted by atomic mass is 16.6. The van der Waals surface area contributed by atoms with Crippen LogP contribution in [-0.4, -0.2) is 53.1 Å². The van der Waals surface area contributed by atoms with Crippen molar-refractivity contribution < 1.29 is 23.9 Å². The van der Waals surface area contributed by atoms with Gasteiger partial charge in [-0.1, -0.05) is 30.3 Å². The quantitative estimate of drug-likeness (QED) is 0.436. The highest BCUT2D eigenvalue weighted by Gasteiger charge is 2.34. The second-order valence-corrected chi connectivity index (χ2v) is 9.24. The van der Waals surface area contributed by atoms with Crippen LogP contribution < -0.4 is 5.32 Å². The van der Waals surface area contributed by atoms with Crippen molar-refractivity contribution in [2.45, 2.75) is 39.3 Å². The minimum atomic E-state index is -0.554. The van der Waals surface area contributed by atoms with Gasteiger partial charge in [-0.25, -0.2) is 9.59 Å². The fourth-order valence-corrected chi connectivity index (χ4v) is 4.23. The molecule has 0 aliphatic carbocycles. The molecule has 0 saturated carbocycles. The molecule has 2 amide bonds. The zero-order valence-electron chi connectivity index (χ0n) is 19.9. The van der Waals surface area contributed by atoms with E-state index in [1.165, 1.54) is 7.11 Å². The number of nitrogens with zero attached hydrogens (tertiary/aromatic N) is 2. The van der Waals surface area contributed by atoms with Crippen LogP contribution in [0.2, 0.25) is 0 Å². The third-order valence-corrected chi connectivity index (χ3v) is 5.63. The van der Waals surface area contributed by atoms with Gasteiger partial charge in [0, 0.05) is 37.0 Å². The highest BCUT2D eigenvalue weighted by Crippen LogP contribution is 2.38. The number of carbonyl (C=O) groups excluding carboxylic acids is 3. The minimum absolute atomic E-state index is 0.0738. The van der Waals surface area contributed by atoms with E-state index in [0.717, 1.165) is 22.2 Å². The third-order valence-electron chi connectivity index (χ3n) is 5.63. The van der Waals surface area contributed by atoms with Crippen molar-refractivity contribution in [1.29, 1.82) is 0 Å². The molecule has 1 aliphatic rings. The number of benzene rings is 1. The summed E-state index contributed by atoms with van der Waals surface area (Å²) in [7, 11) is 1.35. The predicted octanol–water partition coefficient (Wildman–Crippen LogP) is 4.26. The van der Waals surface area contributed by atoms with E-state index in [0.29, 0.717) is 37.3 Å². The molecule has 1 N–H and O–H groups in total. The normalized spacial score (nSPS) is 13.2. The Morgan fingerprint density at radius 3 is 2.53 bits per heavy atom. The van der Waals surface area contributed by atoms with Gasteiger partial charge in [0.1, 0.15) is 11.3 Å². The molecule has 0 fully saturated rings. The van der Waals surface area contributed by atoms with Gasteiger partial charge in [-0.05, 0) is 44.9 Å². The molecule has 34 heavy (non-hydrogen) atoms. The number of amides is 2. The van der Waals surface area contributed by atoms with E-state index < -0.39 is 17.7 Å². The largest absolute Gasteiger partial charge is 0.465 e. The molecule has 8 heteroatoms. The number of alkyl carbamates (subject to hydrolysis) is 1. The van der Waals surface area contributed by atoms with Gasteiger partial charge in [0.15, 0.2) is 0 Å². The number of pyridine rings is 1. The van der Waals surface area contributed by atoms with Gasteiger partial charge in [0.2, 0.25) is 0 Å². The number of esters is 1. The number of nitrogens with one attached hydrogen (secondary N) is 1. The fourth-order valence-electron chi connectivity index (χ4n) is 4.23. The van der Waals surface area contributed by atoms with E-state index in [1.54, 1.807) is 23.2 Å². The molecule has 2 aromatic heterocycles. The van der Waals surface area contributed by atoms with E-state index >= 15 is 0 Å². The third kappa shape index (κ3) is 4.62. The molecule has 0 spiro atoms. The topological polar surface area (TPSA) is 89.3 Å². The van der Waals surface area contributed by atoms with Crippen LogP contribution in [0, 0.1) is 0 Å². The Hall–Kier alpha value is -3.81. The van der Waals surface area contributed by atoms with Crippen LogP contribution in [0.25, 0.3) is 16.6 Å². The Balaban J connectivity index is 1.58. The number of ether oxygens (including phenoxy) is 2. The van der Waals surface area contributed by atoms with Gasteiger partial charge in [-0.3, -0.25) is 4.79 Å². The second kappa shape index (κ2) is 9.21. The average molecular weight is 464 g/mol. The van der Waals surface area contributed by atoms with Crippen LogP contribution in [0.4, 0.5) is 4.79 Å². The molecule has 8 nitrogen and oxygen atoms in total. The van der Waals surface area contributed by atoms with Crippen molar-refractivity contribution in [2.24, 2.45) is 0 Å². The standard InChI is InChI=1S/C26H29N3O5/c1-26(2,3)34-25(32)27-12-8-13-28-16-19-21(17-9-6-5-7-10-17)20-15-18(24(31)33-4)11-14-29(20)22(19)23(28)30/h5-7,9-11,14-15H,8,12-13,16H2,1-4H3,(H,27,32). The molecule has 0 atom stereocenters. The number of aromatic nitrogens is 1. The van der Waals surface area contributed by atoms with Gasteiger partial charge >= 0.3 is 12.1 Å². The van der Waals surface area contributed by atoms with E-state index in [9.17, 15) is 14.4 Å². The van der Waals surface area contributed by atoms with Crippen LogP contribution in [0.5, 0.6) is 0 Å². The maximum absolute atomic E-state index is 13.3. The van der Waals surface area contributed by atoms with Crippen molar-refractivity contribution in [3.8, 4) is 11.1 Å². The summed E-state index contributed by atoms with van der Waals surface area (Å²) in [6.07, 6.45) is 1.88. The Kier molecular flexibility index (Phi) is 6.32. The smallest absolute Gasteiger partial charge is 0.407 e. The van der Waals surface area contributed by atoms with Gasteiger partial charge in [0.05, 0.1) is 18.2 Å². The lowest BCUT2D eigenvalue weighted by Crippen LogP contribution is -2.34. The number of methoxy groups -OCH3 is 1. The number of fused-ring (bicyclic) bond motifs is 3. The van der Waals surface area contributed by atoms with Crippen molar-refractivity contribution in [3.63, 3.8) is 0 Å². The SMILES string of the molecule is COC(=O)c1ccn2c3c(c(-c4ccccc4)c2c1)CN(CCCNC(=O)OC(C)(C)C)C3=O. The fraction of sp³-hybridized carbons (Fsp3) is 0.346. The summed E-state index contributed by atoms with van der Waals surface area (Å²) in [5.41, 5.74) is 4.11. The lowest BCUT2D eigenvalue weighted by Gasteiger charge is -2.20. The summed E-state index contributed by atoms with van der Waals surface area (Å²) in [5.74, 6) is -0.497. The van der Waals surface area contributed by atoms with Crippen LogP contribution >= 0.6 is 0 Å². The Morgan fingerprint density at radius 2 is 1.85 bits per heavy atom. The maximum Gasteiger partial charge on any atom is 0.407 e. The first-order valence-electron chi connectivity index (χ1n) is 11.3. The molecular formula is C26H29N3O5. The summed E-state index contributed by atoms with van der Waals surface area (Å²) >= 11 is 0. The maximum atomic E-state index is 13.3. The lowest BCUT2D eigenvalue weighted by atomic mass is 10.0. The number of rotatable bonds is 6. The van der Waals surface area contributed by atoms with Crippen molar-refractivity contribution in [1.82, 2.24) is 14.6 Å². The van der Waals surface area contributed by atoms with Crippen LogP contribution in [0.15, 0.2) is 48.7 Å². The summed E-state index contributed by atoms with van der Waals surface area (Å²) in [6, 6.07) is 13.3. The van der Waals surface area contributed by atoms with Crippen molar-refractivity contribution >= 4 is 23.5 Å². The summed E-state index contributed by atoms with van der Waals surface area (Å²) in [5, 5.41) is 2.73. The molecule has 0 unspecified atom stereocenters. The number of hydrogen-bond acceptors (Lipinski definition) is 5. The molecule has 3 heterocycles. The molecule has 0 radical (unpaired) electrons. The molecule has 3 aromatic rings. The number of carbonyl (C=O) groups is 3. The first-order valence-corrected chi connectivity index (χ1v) is 11.3. The van der Waals surface area contributed by atoms with Gasteiger partial charge < -0.3 is 24.1 Å². The summed E-state index contributed by atoms with van der Waals surface area (Å²) in [6.45, 7) is 6.80. The first kappa shape index (κ1) is 23.4. The average Bonchev–Trinajstić information content (AvgIpc) is 3.28. The minimum Gasteiger partial charge on any atom is -0.465 e. The zero-order chi connectivity index (χ0) is 24.5. The molecule has 4 rings (SSSR count). The molecule has 0 bridgehead atoms. The Bertz CT molecular complexity index is 1240. The van der Waals surface area contributed by atoms with Gasteiger partial charge in [-0.15, -0.1) is 0 Å². The molecule has 178 valence electrons. The van der Waals surface area contributed by atoms with E-state index in [2.05, 4.69) is 5.32 Å². The van der Waals surface area contributed by atoms with Crippen LogP contribution in [-0.2, 0) is 16.0 Å². The van der Waals surface area contributed by atoms with Gasteiger partial charge in [0.25, 0.3) is 5.91 Å². The van der Waals surface area contributed by atoms with E-state index in [-0.39, 0.29) is 5.91 Å². The van der Waals surface area contributed by atoms with E-state index in [4.69, 9.17) is 9.47 Å². The van der Waals surface area contributed by atoms with Gasteiger partial charge in [-0.2, -0.15) is 0 Å². The van der Waals surface area contributed by atoms with Crippen LogP contribution in [0.1, 0.15) is 53.6 Å². The number of hydrogen-bond donors (Lipinski definition) is 1. The summed E-state index contributed by atoms with van der Waals surface area (Å²) in [4.78, 5) is 39.1. The van der Waals surface area contributed by atoms with Crippen LogP contribution in [0.3, 0.4) is 0 Å². The predicted molar refractivity (Wildman–Crippen MR) is 128 cm³/mol.